The second-order valence-corrected chi connectivity index (χ2v) is 6.00. The quantitative estimate of drug-likeness (QED) is 0.824. The van der Waals surface area contributed by atoms with Crippen LogP contribution in [0.2, 0.25) is 0 Å². The van der Waals surface area contributed by atoms with E-state index in [1.165, 1.54) is 11.9 Å². The first-order chi connectivity index (χ1) is 11.7. The van der Waals surface area contributed by atoms with E-state index < -0.39 is 0 Å². The Morgan fingerprint density at radius 3 is 2.50 bits per heavy atom. The Labute approximate surface area is 141 Å². The third-order valence-corrected chi connectivity index (χ3v) is 4.44. The van der Waals surface area contributed by atoms with Crippen molar-refractivity contribution in [2.24, 2.45) is 0 Å². The van der Waals surface area contributed by atoms with Crippen molar-refractivity contribution in [3.8, 4) is 5.75 Å². The van der Waals surface area contributed by atoms with Crippen molar-refractivity contribution < 1.29 is 9.53 Å². The number of piperazine rings is 1. The molecule has 0 bridgehead atoms. The monoisotopic (exact) mass is 329 g/mol. The van der Waals surface area contributed by atoms with E-state index in [-0.39, 0.29) is 11.9 Å². The van der Waals surface area contributed by atoms with Crippen LogP contribution in [0.5, 0.6) is 5.75 Å². The van der Waals surface area contributed by atoms with Crippen molar-refractivity contribution in [1.82, 2.24) is 24.6 Å². The molecule has 1 fully saturated rings. The highest BCUT2D eigenvalue weighted by Gasteiger charge is 2.26. The van der Waals surface area contributed by atoms with E-state index in [1.54, 1.807) is 18.1 Å². The van der Waals surface area contributed by atoms with Crippen LogP contribution in [0.15, 0.2) is 36.9 Å². The smallest absolute Gasteiger partial charge is 0.247 e. The first-order valence-electron chi connectivity index (χ1n) is 8.15. The van der Waals surface area contributed by atoms with Crippen molar-refractivity contribution in [1.29, 1.82) is 0 Å². The summed E-state index contributed by atoms with van der Waals surface area (Å²) in [7, 11) is 1.67. The maximum Gasteiger partial charge on any atom is 0.247 e. The molecule has 0 unspecified atom stereocenters. The third kappa shape index (κ3) is 3.73. The van der Waals surface area contributed by atoms with Gasteiger partial charge >= 0.3 is 0 Å². The lowest BCUT2D eigenvalue weighted by Gasteiger charge is -2.35. The number of aromatic nitrogens is 3. The van der Waals surface area contributed by atoms with Crippen molar-refractivity contribution in [2.75, 3.05) is 33.3 Å². The summed E-state index contributed by atoms with van der Waals surface area (Å²) < 4.78 is 6.79. The van der Waals surface area contributed by atoms with Crippen molar-refractivity contribution in [3.05, 3.63) is 42.5 Å². The number of carbonyl (C=O) groups is 1. The molecule has 1 saturated heterocycles. The van der Waals surface area contributed by atoms with Crippen LogP contribution < -0.4 is 4.74 Å². The highest BCUT2D eigenvalue weighted by atomic mass is 16.5. The molecule has 2 heterocycles. The van der Waals surface area contributed by atoms with Gasteiger partial charge in [-0.2, -0.15) is 5.10 Å². The van der Waals surface area contributed by atoms with Crippen molar-refractivity contribution in [3.63, 3.8) is 0 Å². The predicted octanol–water partition coefficient (Wildman–Crippen LogP) is 1.19. The van der Waals surface area contributed by atoms with Crippen molar-refractivity contribution >= 4 is 5.91 Å². The maximum absolute atomic E-state index is 12.5. The fourth-order valence-electron chi connectivity index (χ4n) is 2.91. The Balaban J connectivity index is 1.50. The molecular weight excluding hydrogens is 306 g/mol. The highest BCUT2D eigenvalue weighted by Crippen LogP contribution is 2.15. The number of ether oxygens (including phenoxy) is 1. The normalized spacial score (nSPS) is 16.8. The van der Waals surface area contributed by atoms with Gasteiger partial charge in [0.05, 0.1) is 7.11 Å². The van der Waals surface area contributed by atoms with E-state index in [2.05, 4.69) is 27.1 Å². The van der Waals surface area contributed by atoms with Crippen LogP contribution in [-0.2, 0) is 11.3 Å². The molecule has 0 aliphatic carbocycles. The summed E-state index contributed by atoms with van der Waals surface area (Å²) in [4.78, 5) is 20.7. The summed E-state index contributed by atoms with van der Waals surface area (Å²) in [6, 6.07) is 7.83. The lowest BCUT2D eigenvalue weighted by atomic mass is 10.2. The van der Waals surface area contributed by atoms with Gasteiger partial charge in [0.15, 0.2) is 0 Å². The SMILES string of the molecule is COc1ccc(CN2CCN(C(=O)[C@H](C)n3cncn3)CC2)cc1. The van der Waals surface area contributed by atoms with Gasteiger partial charge in [0.25, 0.3) is 0 Å². The molecule has 1 atom stereocenters. The molecule has 0 radical (unpaired) electrons. The molecule has 0 N–H and O–H groups in total. The Morgan fingerprint density at radius 1 is 1.21 bits per heavy atom. The number of benzene rings is 1. The Kier molecular flexibility index (Phi) is 5.10. The number of nitrogens with zero attached hydrogens (tertiary/aromatic N) is 5. The van der Waals surface area contributed by atoms with Gasteiger partial charge in [-0.05, 0) is 24.6 Å². The minimum Gasteiger partial charge on any atom is -0.497 e. The van der Waals surface area contributed by atoms with E-state index in [0.29, 0.717) is 0 Å². The van der Waals surface area contributed by atoms with Gasteiger partial charge in [0.2, 0.25) is 5.91 Å². The summed E-state index contributed by atoms with van der Waals surface area (Å²) in [6.45, 7) is 6.00. The van der Waals surface area contributed by atoms with Crippen LogP contribution in [0.25, 0.3) is 0 Å². The second-order valence-electron chi connectivity index (χ2n) is 6.00. The van der Waals surface area contributed by atoms with Crippen LogP contribution in [0, 0.1) is 0 Å². The van der Waals surface area contributed by atoms with E-state index in [1.807, 2.05) is 24.0 Å². The molecule has 3 rings (SSSR count). The molecular formula is C17H23N5O2. The van der Waals surface area contributed by atoms with Gasteiger partial charge in [-0.3, -0.25) is 9.69 Å². The number of amides is 1. The number of hydrogen-bond donors (Lipinski definition) is 0. The van der Waals surface area contributed by atoms with E-state index >= 15 is 0 Å². The molecule has 24 heavy (non-hydrogen) atoms. The van der Waals surface area contributed by atoms with E-state index in [4.69, 9.17) is 4.74 Å². The lowest BCUT2D eigenvalue weighted by molar-refractivity contribution is -0.136. The molecule has 7 nitrogen and oxygen atoms in total. The Bertz CT molecular complexity index is 648. The van der Waals surface area contributed by atoms with Crippen LogP contribution in [0.4, 0.5) is 0 Å². The fourth-order valence-corrected chi connectivity index (χ4v) is 2.91. The van der Waals surface area contributed by atoms with Crippen molar-refractivity contribution in [2.45, 2.75) is 19.5 Å². The molecule has 7 heteroatoms. The summed E-state index contributed by atoms with van der Waals surface area (Å²) in [6.07, 6.45) is 3.04. The first kappa shape index (κ1) is 16.4. The molecule has 0 spiro atoms. The maximum atomic E-state index is 12.5. The summed E-state index contributed by atoms with van der Waals surface area (Å²) in [5.74, 6) is 0.973. The minimum absolute atomic E-state index is 0.101. The molecule has 1 aromatic heterocycles. The lowest BCUT2D eigenvalue weighted by Crippen LogP contribution is -2.49. The standard InChI is InChI=1S/C17H23N5O2/c1-14(22-13-18-12-19-22)17(23)21-9-7-20(8-10-21)11-15-3-5-16(24-2)6-4-15/h3-6,12-14H,7-11H2,1-2H3/t14-/m0/s1. The van der Waals surface area contributed by atoms with E-state index in [0.717, 1.165) is 38.5 Å². The van der Waals surface area contributed by atoms with Gasteiger partial charge in [-0.1, -0.05) is 12.1 Å². The minimum atomic E-state index is -0.305. The average molecular weight is 329 g/mol. The zero-order chi connectivity index (χ0) is 16.9. The number of methoxy groups -OCH3 is 1. The van der Waals surface area contributed by atoms with Crippen LogP contribution in [-0.4, -0.2) is 63.8 Å². The van der Waals surface area contributed by atoms with E-state index in [9.17, 15) is 4.79 Å². The molecule has 2 aromatic rings. The van der Waals surface area contributed by atoms with Crippen LogP contribution >= 0.6 is 0 Å². The second kappa shape index (κ2) is 7.44. The average Bonchev–Trinajstić information content (AvgIpc) is 3.16. The van der Waals surface area contributed by atoms with Gasteiger partial charge in [0, 0.05) is 32.7 Å². The number of hydrogen-bond acceptors (Lipinski definition) is 5. The molecule has 1 aliphatic rings. The predicted molar refractivity (Wildman–Crippen MR) is 89.6 cm³/mol. The van der Waals surface area contributed by atoms with Crippen LogP contribution in [0.1, 0.15) is 18.5 Å². The fraction of sp³-hybridized carbons (Fsp3) is 0.471. The third-order valence-electron chi connectivity index (χ3n) is 4.44. The van der Waals surface area contributed by atoms with Gasteiger partial charge < -0.3 is 9.64 Å². The molecule has 1 amide bonds. The molecule has 1 aliphatic heterocycles. The van der Waals surface area contributed by atoms with Gasteiger partial charge in [-0.25, -0.2) is 9.67 Å². The number of rotatable bonds is 5. The topological polar surface area (TPSA) is 63.5 Å². The molecule has 128 valence electrons. The largest absolute Gasteiger partial charge is 0.497 e. The zero-order valence-electron chi connectivity index (χ0n) is 14.1. The Morgan fingerprint density at radius 2 is 1.92 bits per heavy atom. The van der Waals surface area contributed by atoms with Gasteiger partial charge in [-0.15, -0.1) is 0 Å². The number of carbonyl (C=O) groups excluding carboxylic acids is 1. The van der Waals surface area contributed by atoms with Crippen LogP contribution in [0.3, 0.4) is 0 Å². The summed E-state index contributed by atoms with van der Waals surface area (Å²) >= 11 is 0. The first-order valence-corrected chi connectivity index (χ1v) is 8.15. The Hall–Kier alpha value is -2.41. The molecule has 0 saturated carbocycles. The zero-order valence-corrected chi connectivity index (χ0v) is 14.1. The summed E-state index contributed by atoms with van der Waals surface area (Å²) in [5.41, 5.74) is 1.26. The summed E-state index contributed by atoms with van der Waals surface area (Å²) in [5, 5.41) is 4.05. The van der Waals surface area contributed by atoms with Gasteiger partial charge in [0.1, 0.15) is 24.4 Å². The molecule has 1 aromatic carbocycles. The highest BCUT2D eigenvalue weighted by molar-refractivity contribution is 5.80.